The van der Waals surface area contributed by atoms with Gasteiger partial charge in [-0.25, -0.2) is 9.97 Å². The second kappa shape index (κ2) is 6.90. The molecule has 0 bridgehead atoms. The minimum atomic E-state index is 0.863. The Labute approximate surface area is 132 Å². The zero-order valence-electron chi connectivity index (χ0n) is 13.6. The fourth-order valence-electron chi connectivity index (χ4n) is 3.06. The summed E-state index contributed by atoms with van der Waals surface area (Å²) in [5.74, 6) is 0.863. The molecule has 118 valence electrons. The van der Waals surface area contributed by atoms with E-state index >= 15 is 0 Å². The maximum Gasteiger partial charge on any atom is 0.225 e. The van der Waals surface area contributed by atoms with E-state index in [1.165, 1.54) is 31.4 Å². The van der Waals surface area contributed by atoms with Gasteiger partial charge < -0.3 is 4.90 Å². The summed E-state index contributed by atoms with van der Waals surface area (Å²) < 4.78 is 2.06. The van der Waals surface area contributed by atoms with E-state index < -0.39 is 0 Å². The first-order valence-corrected chi connectivity index (χ1v) is 8.40. The first-order chi connectivity index (χ1) is 10.8. The van der Waals surface area contributed by atoms with Gasteiger partial charge in [-0.1, -0.05) is 19.8 Å². The third kappa shape index (κ3) is 3.13. The van der Waals surface area contributed by atoms with Crippen LogP contribution in [0.5, 0.6) is 0 Å². The van der Waals surface area contributed by atoms with E-state index in [2.05, 4.69) is 33.5 Å². The maximum atomic E-state index is 4.80. The van der Waals surface area contributed by atoms with Crippen molar-refractivity contribution in [3.05, 3.63) is 24.2 Å². The quantitative estimate of drug-likeness (QED) is 0.867. The van der Waals surface area contributed by atoms with Gasteiger partial charge in [-0.2, -0.15) is 5.10 Å². The molecular formula is C17H25N5. The van der Waals surface area contributed by atoms with Crippen molar-refractivity contribution in [3.63, 3.8) is 0 Å². The highest BCUT2D eigenvalue weighted by atomic mass is 15.3. The highest BCUT2D eigenvalue weighted by Crippen LogP contribution is 2.23. The molecule has 1 fully saturated rings. The molecule has 2 aromatic rings. The van der Waals surface area contributed by atoms with Gasteiger partial charge in [0.2, 0.25) is 5.95 Å². The number of aryl methyl sites for hydroxylation is 1. The molecule has 22 heavy (non-hydrogen) atoms. The van der Waals surface area contributed by atoms with Crippen molar-refractivity contribution < 1.29 is 0 Å². The minimum Gasteiger partial charge on any atom is -0.341 e. The van der Waals surface area contributed by atoms with Gasteiger partial charge in [0.05, 0.1) is 11.9 Å². The van der Waals surface area contributed by atoms with Crippen LogP contribution in [0.3, 0.4) is 0 Å². The van der Waals surface area contributed by atoms with Gasteiger partial charge in [0, 0.05) is 37.1 Å². The van der Waals surface area contributed by atoms with E-state index in [0.29, 0.717) is 0 Å². The lowest BCUT2D eigenvalue weighted by atomic mass is 10.2. The number of hydrogen-bond acceptors (Lipinski definition) is 4. The fraction of sp³-hybridized carbons (Fsp3) is 0.588. The Morgan fingerprint density at radius 1 is 1.14 bits per heavy atom. The topological polar surface area (TPSA) is 46.8 Å². The highest BCUT2D eigenvalue weighted by molar-refractivity contribution is 5.62. The summed E-state index contributed by atoms with van der Waals surface area (Å²) in [7, 11) is 0. The predicted molar refractivity (Wildman–Crippen MR) is 89.0 cm³/mol. The Hall–Kier alpha value is -1.91. The van der Waals surface area contributed by atoms with Gasteiger partial charge in [-0.05, 0) is 32.3 Å². The molecule has 0 spiro atoms. The molecule has 1 aliphatic heterocycles. The average molecular weight is 299 g/mol. The van der Waals surface area contributed by atoms with Gasteiger partial charge in [0.15, 0.2) is 0 Å². The molecule has 0 N–H and O–H groups in total. The molecule has 1 saturated heterocycles. The van der Waals surface area contributed by atoms with E-state index in [9.17, 15) is 0 Å². The van der Waals surface area contributed by atoms with Crippen LogP contribution in [-0.2, 0) is 6.54 Å². The van der Waals surface area contributed by atoms with Crippen molar-refractivity contribution in [2.24, 2.45) is 0 Å². The zero-order chi connectivity index (χ0) is 15.4. The van der Waals surface area contributed by atoms with Gasteiger partial charge in [-0.3, -0.25) is 4.68 Å². The van der Waals surface area contributed by atoms with Crippen LogP contribution < -0.4 is 4.90 Å². The smallest absolute Gasteiger partial charge is 0.225 e. The van der Waals surface area contributed by atoms with Crippen LogP contribution in [0.1, 0.15) is 44.7 Å². The molecule has 0 aromatic carbocycles. The van der Waals surface area contributed by atoms with Crippen LogP contribution >= 0.6 is 0 Å². The van der Waals surface area contributed by atoms with Crippen LogP contribution in [0.4, 0.5) is 5.95 Å². The number of rotatable bonds is 4. The van der Waals surface area contributed by atoms with Crippen LogP contribution in [0.2, 0.25) is 0 Å². The third-order valence-corrected chi connectivity index (χ3v) is 4.35. The van der Waals surface area contributed by atoms with Crippen molar-refractivity contribution in [1.82, 2.24) is 19.7 Å². The second-order valence-electron chi connectivity index (χ2n) is 6.01. The highest BCUT2D eigenvalue weighted by Gasteiger charge is 2.15. The summed E-state index contributed by atoms with van der Waals surface area (Å²) in [5.41, 5.74) is 3.28. The summed E-state index contributed by atoms with van der Waals surface area (Å²) in [6, 6.07) is 1.99. The predicted octanol–water partition coefficient (Wildman–Crippen LogP) is 3.44. The van der Waals surface area contributed by atoms with Gasteiger partial charge in [-0.15, -0.1) is 0 Å². The van der Waals surface area contributed by atoms with Crippen molar-refractivity contribution in [1.29, 1.82) is 0 Å². The lowest BCUT2D eigenvalue weighted by Crippen LogP contribution is -2.26. The summed E-state index contributed by atoms with van der Waals surface area (Å²) in [5, 5.41) is 4.48. The minimum absolute atomic E-state index is 0.863. The molecule has 5 nitrogen and oxygen atoms in total. The Morgan fingerprint density at radius 3 is 2.64 bits per heavy atom. The van der Waals surface area contributed by atoms with Gasteiger partial charge >= 0.3 is 0 Å². The third-order valence-electron chi connectivity index (χ3n) is 4.35. The summed E-state index contributed by atoms with van der Waals surface area (Å²) >= 11 is 0. The van der Waals surface area contributed by atoms with E-state index in [-0.39, 0.29) is 0 Å². The maximum absolute atomic E-state index is 4.80. The summed E-state index contributed by atoms with van der Waals surface area (Å²) in [6.07, 6.45) is 10.0. The standard InChI is InChI=1S/C17H25N5/c1-3-10-22-14(2)15(13-19-22)16-8-9-18-17(20-16)21-11-6-4-5-7-12-21/h8-9,13H,3-7,10-12H2,1-2H3. The van der Waals surface area contributed by atoms with Crippen LogP contribution in [0, 0.1) is 6.92 Å². The first-order valence-electron chi connectivity index (χ1n) is 8.40. The van der Waals surface area contributed by atoms with E-state index in [0.717, 1.165) is 43.3 Å². The van der Waals surface area contributed by atoms with Crippen molar-refractivity contribution in [3.8, 4) is 11.3 Å². The monoisotopic (exact) mass is 299 g/mol. The molecule has 3 heterocycles. The molecule has 0 radical (unpaired) electrons. The zero-order valence-corrected chi connectivity index (χ0v) is 13.6. The molecule has 0 amide bonds. The molecule has 0 atom stereocenters. The molecule has 5 heteroatoms. The van der Waals surface area contributed by atoms with Crippen LogP contribution in [0.15, 0.2) is 18.5 Å². The number of nitrogens with zero attached hydrogens (tertiary/aromatic N) is 5. The van der Waals surface area contributed by atoms with Gasteiger partial charge in [0.1, 0.15) is 0 Å². The van der Waals surface area contributed by atoms with Crippen molar-refractivity contribution in [2.45, 2.75) is 52.5 Å². The Balaban J connectivity index is 1.87. The molecule has 1 aliphatic rings. The molecule has 2 aromatic heterocycles. The Kier molecular flexibility index (Phi) is 4.71. The molecular weight excluding hydrogens is 274 g/mol. The second-order valence-corrected chi connectivity index (χ2v) is 6.01. The number of aromatic nitrogens is 4. The van der Waals surface area contributed by atoms with E-state index in [1.54, 1.807) is 0 Å². The molecule has 3 rings (SSSR count). The van der Waals surface area contributed by atoms with Gasteiger partial charge in [0.25, 0.3) is 0 Å². The lowest BCUT2D eigenvalue weighted by Gasteiger charge is -2.20. The van der Waals surface area contributed by atoms with Crippen LogP contribution in [0.25, 0.3) is 11.3 Å². The first kappa shape index (κ1) is 15.0. The normalized spacial score (nSPS) is 15.8. The summed E-state index contributed by atoms with van der Waals surface area (Å²) in [4.78, 5) is 11.6. The van der Waals surface area contributed by atoms with Crippen molar-refractivity contribution in [2.75, 3.05) is 18.0 Å². The molecule has 0 unspecified atom stereocenters. The van der Waals surface area contributed by atoms with Crippen LogP contribution in [-0.4, -0.2) is 32.8 Å². The Morgan fingerprint density at radius 2 is 1.91 bits per heavy atom. The molecule has 0 saturated carbocycles. The van der Waals surface area contributed by atoms with E-state index in [4.69, 9.17) is 4.98 Å². The van der Waals surface area contributed by atoms with Crippen molar-refractivity contribution >= 4 is 5.95 Å². The fourth-order valence-corrected chi connectivity index (χ4v) is 3.06. The van der Waals surface area contributed by atoms with E-state index in [1.807, 2.05) is 18.5 Å². The summed E-state index contributed by atoms with van der Waals surface area (Å²) in [6.45, 7) is 7.37. The number of anilines is 1. The molecule has 0 aliphatic carbocycles. The largest absolute Gasteiger partial charge is 0.341 e. The SMILES string of the molecule is CCCn1ncc(-c2ccnc(N3CCCCCC3)n2)c1C. The lowest BCUT2D eigenvalue weighted by molar-refractivity contribution is 0.587. The Bertz CT molecular complexity index is 611. The average Bonchev–Trinajstić information content (AvgIpc) is 2.77. The number of hydrogen-bond donors (Lipinski definition) is 0.